The lowest BCUT2D eigenvalue weighted by molar-refractivity contribution is -0.116. The van der Waals surface area contributed by atoms with Gasteiger partial charge in [-0.05, 0) is 50.3 Å². The zero-order valence-corrected chi connectivity index (χ0v) is 19.9. The molecule has 10 heteroatoms. The molecule has 0 bridgehead atoms. The van der Waals surface area contributed by atoms with E-state index in [0.717, 1.165) is 36.9 Å². The van der Waals surface area contributed by atoms with Gasteiger partial charge in [0.05, 0.1) is 17.7 Å². The molecule has 0 radical (unpaired) electrons. The molecule has 0 saturated heterocycles. The maximum Gasteiger partial charge on any atom is 0.235 e. The molecule has 1 aliphatic rings. The minimum atomic E-state index is -0.191. The number of hydrogen-bond acceptors (Lipinski definition) is 7. The van der Waals surface area contributed by atoms with E-state index in [1.54, 1.807) is 0 Å². The number of thioether (sulfide) groups is 1. The van der Waals surface area contributed by atoms with Crippen molar-refractivity contribution >= 4 is 45.6 Å². The van der Waals surface area contributed by atoms with Crippen LogP contribution in [-0.4, -0.2) is 32.3 Å². The molecular formula is C23H24N6O2S2. The van der Waals surface area contributed by atoms with Gasteiger partial charge in [0, 0.05) is 17.1 Å². The summed E-state index contributed by atoms with van der Waals surface area (Å²) >= 11 is 2.78. The van der Waals surface area contributed by atoms with Crippen molar-refractivity contribution in [2.75, 3.05) is 16.4 Å². The number of carbonyl (C=O) groups excluding carboxylic acids is 2. The fraction of sp³-hybridized carbons (Fsp3) is 0.348. The number of aryl methyl sites for hydroxylation is 1. The van der Waals surface area contributed by atoms with Crippen LogP contribution < -0.4 is 10.6 Å². The Morgan fingerprint density at radius 2 is 1.94 bits per heavy atom. The van der Waals surface area contributed by atoms with Crippen LogP contribution in [0.1, 0.15) is 41.6 Å². The number of anilines is 2. The van der Waals surface area contributed by atoms with Gasteiger partial charge < -0.3 is 15.2 Å². The summed E-state index contributed by atoms with van der Waals surface area (Å²) in [5.41, 5.74) is 2.43. The Balaban J connectivity index is 1.36. The van der Waals surface area contributed by atoms with Crippen LogP contribution in [-0.2, 0) is 35.4 Å². The summed E-state index contributed by atoms with van der Waals surface area (Å²) in [6, 6.07) is 11.5. The highest BCUT2D eigenvalue weighted by Crippen LogP contribution is 2.37. The van der Waals surface area contributed by atoms with Crippen molar-refractivity contribution in [1.29, 1.82) is 5.26 Å². The Hall–Kier alpha value is -3.16. The molecule has 2 aromatic heterocycles. The SMILES string of the molecule is CCn1c(CC(=O)Nc2ccccc2)nnc1SCC(=O)Nc1sc2c(c1C#N)CCCC2. The summed E-state index contributed by atoms with van der Waals surface area (Å²) in [6.07, 6.45) is 4.17. The first-order valence-corrected chi connectivity index (χ1v) is 12.6. The molecule has 1 aliphatic carbocycles. The first kappa shape index (κ1) is 23.0. The van der Waals surface area contributed by atoms with Crippen LogP contribution in [0.4, 0.5) is 10.7 Å². The van der Waals surface area contributed by atoms with Gasteiger partial charge in [-0.25, -0.2) is 0 Å². The second kappa shape index (κ2) is 10.6. The van der Waals surface area contributed by atoms with Gasteiger partial charge in [-0.15, -0.1) is 21.5 Å². The molecule has 0 unspecified atom stereocenters. The van der Waals surface area contributed by atoms with E-state index in [-0.39, 0.29) is 24.0 Å². The predicted octanol–water partition coefficient (Wildman–Crippen LogP) is 4.02. The highest BCUT2D eigenvalue weighted by Gasteiger charge is 2.22. The molecule has 0 saturated carbocycles. The van der Waals surface area contributed by atoms with E-state index in [1.165, 1.54) is 28.0 Å². The van der Waals surface area contributed by atoms with Crippen molar-refractivity contribution < 1.29 is 9.59 Å². The number of hydrogen-bond donors (Lipinski definition) is 2. The minimum Gasteiger partial charge on any atom is -0.326 e. The van der Waals surface area contributed by atoms with E-state index in [0.29, 0.717) is 28.1 Å². The van der Waals surface area contributed by atoms with Crippen LogP contribution in [0.3, 0.4) is 0 Å². The number of carbonyl (C=O) groups is 2. The largest absolute Gasteiger partial charge is 0.326 e. The number of benzene rings is 1. The molecule has 1 aromatic carbocycles. The Bertz CT molecular complexity index is 1200. The number of aromatic nitrogens is 3. The number of para-hydroxylation sites is 1. The lowest BCUT2D eigenvalue weighted by Crippen LogP contribution is -2.18. The zero-order chi connectivity index (χ0) is 23.2. The van der Waals surface area contributed by atoms with Crippen molar-refractivity contribution in [2.24, 2.45) is 0 Å². The highest BCUT2D eigenvalue weighted by molar-refractivity contribution is 7.99. The molecule has 33 heavy (non-hydrogen) atoms. The summed E-state index contributed by atoms with van der Waals surface area (Å²) in [7, 11) is 0. The molecule has 8 nitrogen and oxygen atoms in total. The molecular weight excluding hydrogens is 456 g/mol. The highest BCUT2D eigenvalue weighted by atomic mass is 32.2. The van der Waals surface area contributed by atoms with Gasteiger partial charge in [0.15, 0.2) is 5.16 Å². The molecule has 4 rings (SSSR count). The third kappa shape index (κ3) is 5.43. The van der Waals surface area contributed by atoms with E-state index >= 15 is 0 Å². The summed E-state index contributed by atoms with van der Waals surface area (Å²) < 4.78 is 1.84. The van der Waals surface area contributed by atoms with Crippen molar-refractivity contribution in [3.8, 4) is 6.07 Å². The molecule has 2 heterocycles. The lowest BCUT2D eigenvalue weighted by atomic mass is 9.96. The third-order valence-corrected chi connectivity index (χ3v) is 7.53. The van der Waals surface area contributed by atoms with Crippen LogP contribution in [0.25, 0.3) is 0 Å². The van der Waals surface area contributed by atoms with Crippen LogP contribution in [0, 0.1) is 11.3 Å². The Morgan fingerprint density at radius 3 is 2.70 bits per heavy atom. The fourth-order valence-electron chi connectivity index (χ4n) is 3.81. The maximum atomic E-state index is 12.6. The van der Waals surface area contributed by atoms with Gasteiger partial charge in [-0.3, -0.25) is 9.59 Å². The summed E-state index contributed by atoms with van der Waals surface area (Å²) in [5, 5.41) is 24.9. The number of nitrogens with zero attached hydrogens (tertiary/aromatic N) is 4. The van der Waals surface area contributed by atoms with E-state index in [9.17, 15) is 14.9 Å². The van der Waals surface area contributed by atoms with Crippen molar-refractivity contribution in [1.82, 2.24) is 14.8 Å². The molecule has 0 spiro atoms. The number of fused-ring (bicyclic) bond motifs is 1. The molecule has 170 valence electrons. The van der Waals surface area contributed by atoms with Gasteiger partial charge in [0.25, 0.3) is 0 Å². The second-order valence-corrected chi connectivity index (χ2v) is 9.65. The fourth-order valence-corrected chi connectivity index (χ4v) is 5.89. The number of nitriles is 1. The van der Waals surface area contributed by atoms with Gasteiger partial charge in [-0.2, -0.15) is 5.26 Å². The van der Waals surface area contributed by atoms with E-state index in [1.807, 2.05) is 41.8 Å². The first-order chi connectivity index (χ1) is 16.1. The normalized spacial score (nSPS) is 12.6. The molecule has 0 atom stereocenters. The van der Waals surface area contributed by atoms with E-state index in [2.05, 4.69) is 26.9 Å². The second-order valence-electron chi connectivity index (χ2n) is 7.60. The van der Waals surface area contributed by atoms with Crippen LogP contribution in [0.5, 0.6) is 0 Å². The lowest BCUT2D eigenvalue weighted by Gasteiger charge is -2.09. The minimum absolute atomic E-state index is 0.0920. The summed E-state index contributed by atoms with van der Waals surface area (Å²) in [5.74, 6) is 0.320. The molecule has 2 N–H and O–H groups in total. The maximum absolute atomic E-state index is 12.6. The summed E-state index contributed by atoms with van der Waals surface area (Å²) in [6.45, 7) is 2.53. The molecule has 3 aromatic rings. The molecule has 2 amide bonds. The van der Waals surface area contributed by atoms with E-state index < -0.39 is 0 Å². The standard InChI is InChI=1S/C23H24N6O2S2/c1-2-29-19(12-20(30)25-15-8-4-3-5-9-15)27-28-23(29)32-14-21(31)26-22-17(13-24)16-10-6-7-11-18(16)33-22/h3-5,8-9H,2,6-7,10-12,14H2,1H3,(H,25,30)(H,26,31). The molecule has 0 fully saturated rings. The Labute approximate surface area is 200 Å². The summed E-state index contributed by atoms with van der Waals surface area (Å²) in [4.78, 5) is 26.2. The average Bonchev–Trinajstić information content (AvgIpc) is 3.37. The van der Waals surface area contributed by atoms with Gasteiger partial charge >= 0.3 is 0 Å². The first-order valence-electron chi connectivity index (χ1n) is 10.8. The van der Waals surface area contributed by atoms with Gasteiger partial charge in [-0.1, -0.05) is 30.0 Å². The van der Waals surface area contributed by atoms with Crippen molar-refractivity contribution in [2.45, 2.75) is 50.7 Å². The third-order valence-electron chi connectivity index (χ3n) is 5.35. The zero-order valence-electron chi connectivity index (χ0n) is 18.3. The smallest absolute Gasteiger partial charge is 0.235 e. The van der Waals surface area contributed by atoms with Gasteiger partial charge in [0.2, 0.25) is 11.8 Å². The topological polar surface area (TPSA) is 113 Å². The number of rotatable bonds is 8. The molecule has 0 aliphatic heterocycles. The van der Waals surface area contributed by atoms with Crippen molar-refractivity contribution in [3.63, 3.8) is 0 Å². The van der Waals surface area contributed by atoms with Crippen LogP contribution in [0.15, 0.2) is 35.5 Å². The van der Waals surface area contributed by atoms with Crippen molar-refractivity contribution in [3.05, 3.63) is 52.2 Å². The van der Waals surface area contributed by atoms with Gasteiger partial charge in [0.1, 0.15) is 16.9 Å². The van der Waals surface area contributed by atoms with Crippen LogP contribution >= 0.6 is 23.1 Å². The monoisotopic (exact) mass is 480 g/mol. The average molecular weight is 481 g/mol. The predicted molar refractivity (Wildman–Crippen MR) is 130 cm³/mol. The number of amides is 2. The Morgan fingerprint density at radius 1 is 1.15 bits per heavy atom. The van der Waals surface area contributed by atoms with Crippen LogP contribution in [0.2, 0.25) is 0 Å². The Kier molecular flexibility index (Phi) is 7.42. The number of thiophene rings is 1. The number of nitrogens with one attached hydrogen (secondary N) is 2. The quantitative estimate of drug-likeness (QED) is 0.471. The van der Waals surface area contributed by atoms with E-state index in [4.69, 9.17) is 0 Å².